The number of nitrogens with one attached hydrogen (secondary N) is 2. The number of hydrogen-bond acceptors (Lipinski definition) is 7. The van der Waals surface area contributed by atoms with Crippen LogP contribution in [-0.2, 0) is 10.0 Å². The van der Waals surface area contributed by atoms with Gasteiger partial charge in [0, 0.05) is 0 Å². The quantitative estimate of drug-likeness (QED) is 0.799. The Labute approximate surface area is 144 Å². The van der Waals surface area contributed by atoms with E-state index in [4.69, 9.17) is 9.47 Å². The fourth-order valence-electron chi connectivity index (χ4n) is 1.87. The van der Waals surface area contributed by atoms with E-state index in [-0.39, 0.29) is 22.6 Å². The Hall–Kier alpha value is -3.14. The van der Waals surface area contributed by atoms with Gasteiger partial charge in [-0.1, -0.05) is 30.9 Å². The molecule has 0 aliphatic heterocycles. The first-order valence-electron chi connectivity index (χ1n) is 6.92. The number of rotatable bonds is 6. The van der Waals surface area contributed by atoms with Gasteiger partial charge >= 0.3 is 6.03 Å². The van der Waals surface area contributed by atoms with Crippen molar-refractivity contribution >= 4 is 28.1 Å². The van der Waals surface area contributed by atoms with E-state index in [1.807, 2.05) is 4.72 Å². The average Bonchev–Trinajstić information content (AvgIpc) is 2.60. The van der Waals surface area contributed by atoms with Crippen LogP contribution in [0.3, 0.4) is 0 Å². The summed E-state index contributed by atoms with van der Waals surface area (Å²) in [6, 6.07) is 6.49. The first-order valence-corrected chi connectivity index (χ1v) is 8.40. The van der Waals surface area contributed by atoms with E-state index in [1.165, 1.54) is 38.5 Å². The highest BCUT2D eigenvalue weighted by molar-refractivity contribution is 7.90. The largest absolute Gasteiger partial charge is 0.481 e. The minimum absolute atomic E-state index is 0.0794. The molecule has 2 aromatic rings. The number of carbonyl (C=O) groups excluding carboxylic acids is 1. The number of amides is 2. The van der Waals surface area contributed by atoms with E-state index in [0.29, 0.717) is 5.56 Å². The van der Waals surface area contributed by atoms with Crippen molar-refractivity contribution in [2.24, 2.45) is 0 Å². The molecule has 0 radical (unpaired) electrons. The lowest BCUT2D eigenvalue weighted by atomic mass is 10.2. The molecule has 1 aromatic heterocycles. The molecule has 132 valence electrons. The third-order valence-corrected chi connectivity index (χ3v) is 4.38. The molecule has 9 nitrogen and oxygen atoms in total. The number of sulfonamides is 1. The molecule has 0 unspecified atom stereocenters. The van der Waals surface area contributed by atoms with Crippen LogP contribution in [0.25, 0.3) is 6.08 Å². The molecule has 0 saturated heterocycles. The number of hydrogen-bond donors (Lipinski definition) is 2. The van der Waals surface area contributed by atoms with Crippen molar-refractivity contribution in [3.8, 4) is 11.8 Å². The maximum atomic E-state index is 12.3. The van der Waals surface area contributed by atoms with Crippen molar-refractivity contribution in [1.29, 1.82) is 0 Å². The van der Waals surface area contributed by atoms with Crippen molar-refractivity contribution in [2.75, 3.05) is 19.5 Å². The summed E-state index contributed by atoms with van der Waals surface area (Å²) in [5, 5.41) is 2.22. The summed E-state index contributed by atoms with van der Waals surface area (Å²) in [5.41, 5.74) is 0.363. The Kier molecular flexibility index (Phi) is 5.55. The summed E-state index contributed by atoms with van der Waals surface area (Å²) in [4.78, 5) is 19.7. The molecule has 10 heteroatoms. The van der Waals surface area contributed by atoms with Crippen molar-refractivity contribution < 1.29 is 22.7 Å². The number of aromatic nitrogens is 2. The smallest absolute Gasteiger partial charge is 0.335 e. The highest BCUT2D eigenvalue weighted by atomic mass is 32.2. The van der Waals surface area contributed by atoms with Crippen LogP contribution >= 0.6 is 0 Å². The van der Waals surface area contributed by atoms with Gasteiger partial charge in [-0.05, 0) is 11.6 Å². The molecule has 0 aliphatic carbocycles. The van der Waals surface area contributed by atoms with Crippen molar-refractivity contribution in [1.82, 2.24) is 14.7 Å². The standard InChI is InChI=1S/C15H16N4O5S/c1-4-10-7-5-6-8-11(10)25(21,22)19-15(20)18-14-16-12(23-2)9-13(17-14)24-3/h4-9H,1H2,2-3H3,(H2,16,17,18,19,20). The van der Waals surface area contributed by atoms with Crippen LogP contribution in [0.5, 0.6) is 11.8 Å². The number of methoxy groups -OCH3 is 2. The van der Waals surface area contributed by atoms with Gasteiger partial charge in [0.05, 0.1) is 25.2 Å². The molecule has 0 fully saturated rings. The summed E-state index contributed by atoms with van der Waals surface area (Å²) in [5.74, 6) is 0.102. The third kappa shape index (κ3) is 4.44. The maximum absolute atomic E-state index is 12.3. The average molecular weight is 364 g/mol. The SMILES string of the molecule is C=Cc1ccccc1S(=O)(=O)NC(=O)Nc1nc(OC)cc(OC)n1. The Balaban J connectivity index is 2.21. The lowest BCUT2D eigenvalue weighted by molar-refractivity contribution is 0.256. The minimum Gasteiger partial charge on any atom is -0.481 e. The predicted octanol–water partition coefficient (Wildman–Crippen LogP) is 1.65. The number of urea groups is 1. The summed E-state index contributed by atoms with van der Waals surface area (Å²) >= 11 is 0. The van der Waals surface area contributed by atoms with E-state index in [9.17, 15) is 13.2 Å². The first kappa shape index (κ1) is 18.2. The molecule has 0 saturated carbocycles. The monoisotopic (exact) mass is 364 g/mol. The fraction of sp³-hybridized carbons (Fsp3) is 0.133. The zero-order valence-electron chi connectivity index (χ0n) is 13.5. The summed E-state index contributed by atoms with van der Waals surface area (Å²) < 4.78 is 36.5. The normalized spacial score (nSPS) is 10.6. The second-order valence-corrected chi connectivity index (χ2v) is 6.23. The van der Waals surface area contributed by atoms with Crippen LogP contribution in [-0.4, -0.2) is 38.6 Å². The molecule has 0 bridgehead atoms. The highest BCUT2D eigenvalue weighted by Crippen LogP contribution is 2.18. The van der Waals surface area contributed by atoms with Gasteiger partial charge in [0.25, 0.3) is 10.0 Å². The lowest BCUT2D eigenvalue weighted by Gasteiger charge is -2.10. The van der Waals surface area contributed by atoms with E-state index in [1.54, 1.807) is 12.1 Å². The fourth-order valence-corrected chi connectivity index (χ4v) is 2.99. The van der Waals surface area contributed by atoms with E-state index in [0.717, 1.165) is 0 Å². The lowest BCUT2D eigenvalue weighted by Crippen LogP contribution is -2.35. The van der Waals surface area contributed by atoms with Gasteiger partial charge in [0.1, 0.15) is 0 Å². The van der Waals surface area contributed by atoms with E-state index < -0.39 is 16.1 Å². The summed E-state index contributed by atoms with van der Waals surface area (Å²) in [6.45, 7) is 3.55. The number of anilines is 1. The van der Waals surface area contributed by atoms with E-state index in [2.05, 4.69) is 21.9 Å². The van der Waals surface area contributed by atoms with Crippen molar-refractivity contribution in [3.05, 3.63) is 42.5 Å². The van der Waals surface area contributed by atoms with Crippen LogP contribution in [0.15, 0.2) is 41.8 Å². The summed E-state index contributed by atoms with van der Waals surface area (Å²) in [7, 11) is -1.35. The maximum Gasteiger partial charge on any atom is 0.335 e. The van der Waals surface area contributed by atoms with E-state index >= 15 is 0 Å². The molecule has 25 heavy (non-hydrogen) atoms. The van der Waals surface area contributed by atoms with Gasteiger partial charge in [-0.25, -0.2) is 17.9 Å². The molecule has 0 spiro atoms. The molecule has 2 N–H and O–H groups in total. The Morgan fingerprint density at radius 3 is 2.32 bits per heavy atom. The zero-order chi connectivity index (χ0) is 18.4. The molecule has 1 heterocycles. The second kappa shape index (κ2) is 7.62. The number of carbonyl (C=O) groups is 1. The number of benzene rings is 1. The van der Waals surface area contributed by atoms with Gasteiger partial charge in [-0.15, -0.1) is 0 Å². The second-order valence-electron chi connectivity index (χ2n) is 4.58. The zero-order valence-corrected chi connectivity index (χ0v) is 14.3. The number of ether oxygens (including phenoxy) is 2. The molecule has 1 aromatic carbocycles. The Bertz CT molecular complexity index is 876. The predicted molar refractivity (Wildman–Crippen MR) is 91.0 cm³/mol. The van der Waals surface area contributed by atoms with Crippen LogP contribution in [0.1, 0.15) is 5.56 Å². The topological polar surface area (TPSA) is 120 Å². The van der Waals surface area contributed by atoms with Crippen molar-refractivity contribution in [2.45, 2.75) is 4.90 Å². The molecule has 0 atom stereocenters. The van der Waals surface area contributed by atoms with Gasteiger partial charge in [-0.3, -0.25) is 5.32 Å². The van der Waals surface area contributed by atoms with Crippen LogP contribution in [0, 0.1) is 0 Å². The molecular weight excluding hydrogens is 348 g/mol. The van der Waals surface area contributed by atoms with Gasteiger partial charge in [-0.2, -0.15) is 9.97 Å². The van der Waals surface area contributed by atoms with Gasteiger partial charge < -0.3 is 9.47 Å². The Morgan fingerprint density at radius 2 is 1.76 bits per heavy atom. The van der Waals surface area contributed by atoms with Gasteiger partial charge in [0.15, 0.2) is 0 Å². The van der Waals surface area contributed by atoms with Crippen LogP contribution < -0.4 is 19.5 Å². The molecular formula is C15H16N4O5S. The van der Waals surface area contributed by atoms with Crippen molar-refractivity contribution in [3.63, 3.8) is 0 Å². The van der Waals surface area contributed by atoms with Crippen LogP contribution in [0.2, 0.25) is 0 Å². The molecule has 2 amide bonds. The van der Waals surface area contributed by atoms with Crippen LogP contribution in [0.4, 0.5) is 10.7 Å². The molecule has 0 aliphatic rings. The van der Waals surface area contributed by atoms with Gasteiger partial charge in [0.2, 0.25) is 17.7 Å². The third-order valence-electron chi connectivity index (χ3n) is 2.98. The Morgan fingerprint density at radius 1 is 1.16 bits per heavy atom. The minimum atomic E-state index is -4.11. The first-order chi connectivity index (χ1) is 11.9. The summed E-state index contributed by atoms with van der Waals surface area (Å²) in [6.07, 6.45) is 1.38. The molecule has 2 rings (SSSR count). The highest BCUT2D eigenvalue weighted by Gasteiger charge is 2.20. The number of nitrogens with zero attached hydrogens (tertiary/aromatic N) is 2.